The molecule has 0 aliphatic carbocycles. The maximum Gasteiger partial charge on any atom is 0.127 e. The van der Waals surface area contributed by atoms with Crippen molar-refractivity contribution in [3.05, 3.63) is 53.7 Å². The highest BCUT2D eigenvalue weighted by Gasteiger charge is 2.19. The molecule has 118 valence electrons. The first kappa shape index (κ1) is 15.3. The molecule has 0 radical (unpaired) electrons. The van der Waals surface area contributed by atoms with E-state index in [2.05, 4.69) is 56.7 Å². The van der Waals surface area contributed by atoms with E-state index in [1.165, 1.54) is 5.39 Å². The second-order valence-electron chi connectivity index (χ2n) is 6.82. The number of fused-ring (bicyclic) bond motifs is 1. The minimum absolute atomic E-state index is 0.0400. The SMILES string of the molecule is C=NCc1cc(-n2nc(C(C)(C)C)cc2N)cc2ccccc12. The largest absolute Gasteiger partial charge is 0.384 e. The first-order valence-corrected chi connectivity index (χ1v) is 7.70. The van der Waals surface area contributed by atoms with Crippen LogP contribution in [-0.4, -0.2) is 16.5 Å². The summed E-state index contributed by atoms with van der Waals surface area (Å²) < 4.78 is 1.81. The third kappa shape index (κ3) is 2.84. The number of hydrogen-bond acceptors (Lipinski definition) is 3. The van der Waals surface area contributed by atoms with Crippen molar-refractivity contribution in [1.82, 2.24) is 9.78 Å². The predicted octanol–water partition coefficient (Wildman–Crippen LogP) is 4.11. The van der Waals surface area contributed by atoms with Gasteiger partial charge in [0, 0.05) is 11.5 Å². The van der Waals surface area contributed by atoms with E-state index < -0.39 is 0 Å². The van der Waals surface area contributed by atoms with E-state index >= 15 is 0 Å². The second-order valence-corrected chi connectivity index (χ2v) is 6.82. The standard InChI is InChI=1S/C19H22N4/c1-19(2,3)17-11-18(20)23(22-17)15-9-13-7-5-6-8-16(13)14(10-15)12-21-4/h5-11H,4,12,20H2,1-3H3. The van der Waals surface area contributed by atoms with Crippen molar-refractivity contribution in [3.8, 4) is 5.69 Å². The molecule has 4 heteroatoms. The third-order valence-electron chi connectivity index (χ3n) is 3.96. The van der Waals surface area contributed by atoms with E-state index in [0.29, 0.717) is 12.4 Å². The Kier molecular flexibility index (Phi) is 3.68. The second kappa shape index (κ2) is 5.54. The Hall–Kier alpha value is -2.62. The van der Waals surface area contributed by atoms with Crippen molar-refractivity contribution in [2.45, 2.75) is 32.7 Å². The van der Waals surface area contributed by atoms with Crippen molar-refractivity contribution < 1.29 is 0 Å². The van der Waals surface area contributed by atoms with Crippen LogP contribution in [-0.2, 0) is 12.0 Å². The van der Waals surface area contributed by atoms with Crippen molar-refractivity contribution in [1.29, 1.82) is 0 Å². The van der Waals surface area contributed by atoms with Crippen LogP contribution in [0.1, 0.15) is 32.0 Å². The van der Waals surface area contributed by atoms with Crippen LogP contribution in [0.3, 0.4) is 0 Å². The Morgan fingerprint density at radius 2 is 1.91 bits per heavy atom. The van der Waals surface area contributed by atoms with Gasteiger partial charge in [0.25, 0.3) is 0 Å². The molecule has 0 atom stereocenters. The van der Waals surface area contributed by atoms with Crippen LogP contribution in [0, 0.1) is 0 Å². The van der Waals surface area contributed by atoms with Crippen LogP contribution in [0.5, 0.6) is 0 Å². The number of nitrogens with zero attached hydrogens (tertiary/aromatic N) is 3. The van der Waals surface area contributed by atoms with Gasteiger partial charge in [-0.15, -0.1) is 0 Å². The molecule has 2 N–H and O–H groups in total. The number of benzene rings is 2. The van der Waals surface area contributed by atoms with Gasteiger partial charge < -0.3 is 5.73 Å². The smallest absolute Gasteiger partial charge is 0.127 e. The lowest BCUT2D eigenvalue weighted by molar-refractivity contribution is 0.560. The molecule has 2 aromatic carbocycles. The van der Waals surface area contributed by atoms with Crippen LogP contribution in [0.25, 0.3) is 16.5 Å². The Bertz CT molecular complexity index is 869. The number of nitrogens with two attached hydrogens (primary N) is 1. The summed E-state index contributed by atoms with van der Waals surface area (Å²) >= 11 is 0. The van der Waals surface area contributed by atoms with Gasteiger partial charge in [-0.05, 0) is 35.2 Å². The Balaban J connectivity index is 2.20. The lowest BCUT2D eigenvalue weighted by Crippen LogP contribution is -2.12. The van der Waals surface area contributed by atoms with Gasteiger partial charge >= 0.3 is 0 Å². The average Bonchev–Trinajstić information content (AvgIpc) is 2.89. The monoisotopic (exact) mass is 306 g/mol. The Labute approximate surface area is 136 Å². The van der Waals surface area contributed by atoms with Crippen LogP contribution >= 0.6 is 0 Å². The van der Waals surface area contributed by atoms with Gasteiger partial charge in [-0.3, -0.25) is 4.99 Å². The van der Waals surface area contributed by atoms with E-state index in [1.54, 1.807) is 4.68 Å². The molecule has 23 heavy (non-hydrogen) atoms. The summed E-state index contributed by atoms with van der Waals surface area (Å²) in [5, 5.41) is 7.04. The van der Waals surface area contributed by atoms with Crippen LogP contribution in [0.2, 0.25) is 0 Å². The van der Waals surface area contributed by atoms with Crippen molar-refractivity contribution in [2.75, 3.05) is 5.73 Å². The molecule has 0 fully saturated rings. The number of hydrogen-bond donors (Lipinski definition) is 1. The predicted molar refractivity (Wildman–Crippen MR) is 97.4 cm³/mol. The van der Waals surface area contributed by atoms with Gasteiger partial charge in [0.2, 0.25) is 0 Å². The number of rotatable bonds is 3. The third-order valence-corrected chi connectivity index (χ3v) is 3.96. The van der Waals surface area contributed by atoms with E-state index in [9.17, 15) is 0 Å². The summed E-state index contributed by atoms with van der Waals surface area (Å²) in [6.45, 7) is 10.6. The summed E-state index contributed by atoms with van der Waals surface area (Å²) in [6.07, 6.45) is 0. The van der Waals surface area contributed by atoms with Crippen molar-refractivity contribution in [3.63, 3.8) is 0 Å². The zero-order chi connectivity index (χ0) is 16.6. The number of anilines is 1. The first-order valence-electron chi connectivity index (χ1n) is 7.70. The lowest BCUT2D eigenvalue weighted by Gasteiger charge is -2.14. The van der Waals surface area contributed by atoms with E-state index in [-0.39, 0.29) is 5.41 Å². The summed E-state index contributed by atoms with van der Waals surface area (Å²) in [6, 6.07) is 14.4. The normalized spacial score (nSPS) is 11.8. The van der Waals surface area contributed by atoms with Gasteiger partial charge in [0.05, 0.1) is 17.9 Å². The number of nitrogen functional groups attached to an aromatic ring is 1. The van der Waals surface area contributed by atoms with E-state index in [4.69, 9.17) is 10.8 Å². The number of aromatic nitrogens is 2. The van der Waals surface area contributed by atoms with Crippen molar-refractivity contribution in [2.24, 2.45) is 4.99 Å². The summed E-state index contributed by atoms with van der Waals surface area (Å²) in [5.74, 6) is 0.641. The quantitative estimate of drug-likeness (QED) is 0.740. The molecule has 0 amide bonds. The van der Waals surface area contributed by atoms with Crippen LogP contribution in [0.15, 0.2) is 47.5 Å². The summed E-state index contributed by atoms with van der Waals surface area (Å²) in [5.41, 5.74) is 9.22. The molecule has 0 bridgehead atoms. The van der Waals surface area contributed by atoms with Gasteiger partial charge in [-0.25, -0.2) is 4.68 Å². The Morgan fingerprint density at radius 3 is 2.57 bits per heavy atom. The minimum Gasteiger partial charge on any atom is -0.384 e. The molecular weight excluding hydrogens is 284 g/mol. The molecule has 1 heterocycles. The van der Waals surface area contributed by atoms with Gasteiger partial charge in [0.15, 0.2) is 0 Å². The van der Waals surface area contributed by atoms with Gasteiger partial charge in [-0.2, -0.15) is 5.10 Å². The fourth-order valence-corrected chi connectivity index (χ4v) is 2.71. The fraction of sp³-hybridized carbons (Fsp3) is 0.263. The van der Waals surface area contributed by atoms with Crippen LogP contribution in [0.4, 0.5) is 5.82 Å². The average molecular weight is 306 g/mol. The van der Waals surface area contributed by atoms with E-state index in [0.717, 1.165) is 22.3 Å². The zero-order valence-corrected chi connectivity index (χ0v) is 13.9. The topological polar surface area (TPSA) is 56.2 Å². The molecule has 0 saturated heterocycles. The molecule has 0 saturated carbocycles. The highest BCUT2D eigenvalue weighted by Crippen LogP contribution is 2.28. The maximum atomic E-state index is 6.20. The maximum absolute atomic E-state index is 6.20. The molecule has 3 rings (SSSR count). The van der Waals surface area contributed by atoms with Gasteiger partial charge in [-0.1, -0.05) is 45.0 Å². The first-order chi connectivity index (χ1) is 10.9. The molecular formula is C19H22N4. The Morgan fingerprint density at radius 1 is 1.17 bits per heavy atom. The zero-order valence-electron chi connectivity index (χ0n) is 13.9. The molecule has 0 aliphatic rings. The highest BCUT2D eigenvalue weighted by atomic mass is 15.3. The molecule has 0 spiro atoms. The summed E-state index contributed by atoms with van der Waals surface area (Å²) in [7, 11) is 0. The minimum atomic E-state index is -0.0400. The lowest BCUT2D eigenvalue weighted by atomic mass is 9.92. The van der Waals surface area contributed by atoms with Gasteiger partial charge in [0.1, 0.15) is 5.82 Å². The molecule has 1 aromatic heterocycles. The number of aliphatic imine (C=N–C) groups is 1. The summed E-state index contributed by atoms with van der Waals surface area (Å²) in [4.78, 5) is 4.05. The fourth-order valence-electron chi connectivity index (χ4n) is 2.71. The molecule has 0 aliphatic heterocycles. The highest BCUT2D eigenvalue weighted by molar-refractivity contribution is 5.88. The molecule has 0 unspecified atom stereocenters. The van der Waals surface area contributed by atoms with Crippen molar-refractivity contribution >= 4 is 23.3 Å². The van der Waals surface area contributed by atoms with Crippen LogP contribution < -0.4 is 5.73 Å². The van der Waals surface area contributed by atoms with E-state index in [1.807, 2.05) is 18.2 Å². The molecule has 3 aromatic rings. The molecule has 4 nitrogen and oxygen atoms in total.